The molecule has 112 valence electrons. The van der Waals surface area contributed by atoms with Crippen LogP contribution in [0.5, 0.6) is 11.5 Å². The fraction of sp³-hybridized carbons (Fsp3) is 0.538. The predicted octanol–water partition coefficient (Wildman–Crippen LogP) is 1.03. The lowest BCUT2D eigenvalue weighted by molar-refractivity contribution is 0.0729. The molecular weight excluding hydrogens is 282 g/mol. The summed E-state index contributed by atoms with van der Waals surface area (Å²) in [4.78, 5) is 0.129. The van der Waals surface area contributed by atoms with Crippen LogP contribution in [0.3, 0.4) is 0 Å². The van der Waals surface area contributed by atoms with Crippen molar-refractivity contribution in [2.45, 2.75) is 11.8 Å². The first-order valence-electron chi connectivity index (χ1n) is 6.31. The van der Waals surface area contributed by atoms with Crippen LogP contribution in [0.1, 0.15) is 5.56 Å². The summed E-state index contributed by atoms with van der Waals surface area (Å²) in [5, 5.41) is 0. The molecule has 6 nitrogen and oxygen atoms in total. The minimum absolute atomic E-state index is 0.129. The maximum atomic E-state index is 12.7. The van der Waals surface area contributed by atoms with Crippen LogP contribution in [0, 0.1) is 6.92 Å². The Balaban J connectivity index is 2.49. The summed E-state index contributed by atoms with van der Waals surface area (Å²) in [5.74, 6) is 0.854. The number of rotatable bonds is 4. The van der Waals surface area contributed by atoms with Gasteiger partial charge in [-0.1, -0.05) is 0 Å². The number of benzene rings is 1. The second-order valence-electron chi connectivity index (χ2n) is 4.49. The van der Waals surface area contributed by atoms with Gasteiger partial charge in [0.1, 0.15) is 16.4 Å². The number of sulfonamides is 1. The van der Waals surface area contributed by atoms with Crippen molar-refractivity contribution in [2.24, 2.45) is 0 Å². The second-order valence-corrected chi connectivity index (χ2v) is 6.40. The zero-order valence-corrected chi connectivity index (χ0v) is 12.7. The van der Waals surface area contributed by atoms with Gasteiger partial charge in [0, 0.05) is 19.2 Å². The number of methoxy groups -OCH3 is 2. The summed E-state index contributed by atoms with van der Waals surface area (Å²) in [7, 11) is -0.634. The Morgan fingerprint density at radius 3 is 2.25 bits per heavy atom. The maximum Gasteiger partial charge on any atom is 0.247 e. The second kappa shape index (κ2) is 5.99. The topological polar surface area (TPSA) is 65.1 Å². The third kappa shape index (κ3) is 2.74. The third-order valence-corrected chi connectivity index (χ3v) is 5.19. The lowest BCUT2D eigenvalue weighted by Gasteiger charge is -2.27. The van der Waals surface area contributed by atoms with Crippen molar-refractivity contribution in [1.82, 2.24) is 4.31 Å². The van der Waals surface area contributed by atoms with Gasteiger partial charge in [0.15, 0.2) is 0 Å². The summed E-state index contributed by atoms with van der Waals surface area (Å²) in [6.07, 6.45) is 0. The van der Waals surface area contributed by atoms with Crippen molar-refractivity contribution in [3.63, 3.8) is 0 Å². The molecule has 1 aromatic rings. The Morgan fingerprint density at radius 2 is 1.70 bits per heavy atom. The molecule has 7 heteroatoms. The Kier molecular flexibility index (Phi) is 4.52. The molecule has 1 saturated heterocycles. The van der Waals surface area contributed by atoms with E-state index >= 15 is 0 Å². The standard InChI is InChI=1S/C13H19NO5S/c1-10-8-12(18-3)13(9-11(10)17-2)20(15,16)14-4-6-19-7-5-14/h8-9H,4-7H2,1-3H3. The molecule has 0 unspecified atom stereocenters. The first kappa shape index (κ1) is 15.1. The molecular formula is C13H19NO5S. The van der Waals surface area contributed by atoms with Gasteiger partial charge in [0.2, 0.25) is 10.0 Å². The van der Waals surface area contributed by atoms with E-state index in [9.17, 15) is 8.42 Å². The van der Waals surface area contributed by atoms with E-state index in [1.165, 1.54) is 24.6 Å². The highest BCUT2D eigenvalue weighted by molar-refractivity contribution is 7.89. The molecule has 1 aliphatic rings. The molecule has 0 N–H and O–H groups in total. The molecule has 1 aromatic carbocycles. The first-order chi connectivity index (χ1) is 9.50. The molecule has 0 aliphatic carbocycles. The van der Waals surface area contributed by atoms with Gasteiger partial charge >= 0.3 is 0 Å². The van der Waals surface area contributed by atoms with E-state index < -0.39 is 10.0 Å². The molecule has 2 rings (SSSR count). The van der Waals surface area contributed by atoms with Crippen molar-refractivity contribution in [3.8, 4) is 11.5 Å². The zero-order chi connectivity index (χ0) is 14.8. The lowest BCUT2D eigenvalue weighted by Crippen LogP contribution is -2.40. The van der Waals surface area contributed by atoms with Crippen molar-refractivity contribution in [3.05, 3.63) is 17.7 Å². The van der Waals surface area contributed by atoms with Crippen LogP contribution in [0.2, 0.25) is 0 Å². The van der Waals surface area contributed by atoms with Crippen LogP contribution in [0.4, 0.5) is 0 Å². The molecule has 1 fully saturated rings. The number of nitrogens with zero attached hydrogens (tertiary/aromatic N) is 1. The van der Waals surface area contributed by atoms with E-state index in [1.54, 1.807) is 6.07 Å². The molecule has 20 heavy (non-hydrogen) atoms. The van der Waals surface area contributed by atoms with E-state index in [4.69, 9.17) is 14.2 Å². The summed E-state index contributed by atoms with van der Waals surface area (Å²) >= 11 is 0. The number of aryl methyl sites for hydroxylation is 1. The monoisotopic (exact) mass is 301 g/mol. The fourth-order valence-electron chi connectivity index (χ4n) is 2.15. The Hall–Kier alpha value is -1.31. The minimum atomic E-state index is -3.61. The van der Waals surface area contributed by atoms with Crippen molar-refractivity contribution in [2.75, 3.05) is 40.5 Å². The molecule has 0 radical (unpaired) electrons. The van der Waals surface area contributed by atoms with Crippen LogP contribution in [0.25, 0.3) is 0 Å². The average Bonchev–Trinajstić information content (AvgIpc) is 2.47. The molecule has 0 saturated carbocycles. The average molecular weight is 301 g/mol. The van der Waals surface area contributed by atoms with Gasteiger partial charge < -0.3 is 14.2 Å². The largest absolute Gasteiger partial charge is 0.496 e. The summed E-state index contributed by atoms with van der Waals surface area (Å²) in [6, 6.07) is 3.19. The van der Waals surface area contributed by atoms with Gasteiger partial charge in [-0.3, -0.25) is 0 Å². The van der Waals surface area contributed by atoms with Crippen LogP contribution in [-0.4, -0.2) is 53.2 Å². The summed E-state index contributed by atoms with van der Waals surface area (Å²) in [6.45, 7) is 3.35. The molecule has 0 aromatic heterocycles. The van der Waals surface area contributed by atoms with Crippen molar-refractivity contribution in [1.29, 1.82) is 0 Å². The SMILES string of the molecule is COc1cc(S(=O)(=O)N2CCOCC2)c(OC)cc1C. The smallest absolute Gasteiger partial charge is 0.247 e. The van der Waals surface area contributed by atoms with Crippen LogP contribution in [-0.2, 0) is 14.8 Å². The fourth-order valence-corrected chi connectivity index (χ4v) is 3.71. The summed E-state index contributed by atoms with van der Waals surface area (Å²) in [5.41, 5.74) is 0.824. The van der Waals surface area contributed by atoms with E-state index in [2.05, 4.69) is 0 Å². The molecule has 0 atom stereocenters. The van der Waals surface area contributed by atoms with E-state index in [-0.39, 0.29) is 4.90 Å². The van der Waals surface area contributed by atoms with Gasteiger partial charge in [-0.15, -0.1) is 0 Å². The van der Waals surface area contributed by atoms with Gasteiger partial charge in [0.05, 0.1) is 27.4 Å². The first-order valence-corrected chi connectivity index (χ1v) is 7.75. The summed E-state index contributed by atoms with van der Waals surface area (Å²) < 4.78 is 42.4. The number of hydrogen-bond donors (Lipinski definition) is 0. The van der Waals surface area contributed by atoms with Crippen LogP contribution < -0.4 is 9.47 Å². The van der Waals surface area contributed by atoms with E-state index in [1.807, 2.05) is 6.92 Å². The molecule has 0 bridgehead atoms. The third-order valence-electron chi connectivity index (χ3n) is 3.27. The Labute approximate surface area is 119 Å². The Morgan fingerprint density at radius 1 is 1.10 bits per heavy atom. The highest BCUT2D eigenvalue weighted by Crippen LogP contribution is 2.33. The predicted molar refractivity (Wildman–Crippen MR) is 73.9 cm³/mol. The Bertz CT molecular complexity index is 579. The lowest BCUT2D eigenvalue weighted by atomic mass is 10.2. The maximum absolute atomic E-state index is 12.7. The van der Waals surface area contributed by atoms with Crippen LogP contribution in [0.15, 0.2) is 17.0 Å². The van der Waals surface area contributed by atoms with Gasteiger partial charge in [-0.05, 0) is 18.6 Å². The highest BCUT2D eigenvalue weighted by Gasteiger charge is 2.30. The number of morpholine rings is 1. The van der Waals surface area contributed by atoms with E-state index in [0.29, 0.717) is 37.8 Å². The van der Waals surface area contributed by atoms with Crippen molar-refractivity contribution >= 4 is 10.0 Å². The van der Waals surface area contributed by atoms with E-state index in [0.717, 1.165) is 5.56 Å². The minimum Gasteiger partial charge on any atom is -0.496 e. The van der Waals surface area contributed by atoms with Gasteiger partial charge in [-0.25, -0.2) is 8.42 Å². The highest BCUT2D eigenvalue weighted by atomic mass is 32.2. The quantitative estimate of drug-likeness (QED) is 0.831. The van der Waals surface area contributed by atoms with Crippen LogP contribution >= 0.6 is 0 Å². The molecule has 0 spiro atoms. The van der Waals surface area contributed by atoms with Crippen molar-refractivity contribution < 1.29 is 22.6 Å². The van der Waals surface area contributed by atoms with Gasteiger partial charge in [0.25, 0.3) is 0 Å². The molecule has 1 heterocycles. The molecule has 0 amide bonds. The zero-order valence-electron chi connectivity index (χ0n) is 11.9. The number of ether oxygens (including phenoxy) is 3. The molecule has 1 aliphatic heterocycles. The van der Waals surface area contributed by atoms with Gasteiger partial charge in [-0.2, -0.15) is 4.31 Å². The normalized spacial score (nSPS) is 16.9. The number of hydrogen-bond acceptors (Lipinski definition) is 5.